The van der Waals surface area contributed by atoms with E-state index in [0.29, 0.717) is 0 Å². The summed E-state index contributed by atoms with van der Waals surface area (Å²) in [5.41, 5.74) is 2.11. The van der Waals surface area contributed by atoms with Crippen molar-refractivity contribution in [3.63, 3.8) is 0 Å². The van der Waals surface area contributed by atoms with Gasteiger partial charge in [-0.25, -0.2) is 9.97 Å². The van der Waals surface area contributed by atoms with Crippen LogP contribution in [0, 0.1) is 6.92 Å². The Hall–Kier alpha value is -1.13. The Kier molecular flexibility index (Phi) is 3.41. The SMILES string of the molecule is Cc1cc(NC(C)c2ccsc2)nc(Cl)n1. The summed E-state index contributed by atoms with van der Waals surface area (Å²) in [5.74, 6) is 0.760. The van der Waals surface area contributed by atoms with E-state index in [-0.39, 0.29) is 11.3 Å². The zero-order chi connectivity index (χ0) is 11.5. The summed E-state index contributed by atoms with van der Waals surface area (Å²) in [7, 11) is 0. The Labute approximate surface area is 104 Å². The van der Waals surface area contributed by atoms with Crippen molar-refractivity contribution in [3.05, 3.63) is 39.4 Å². The fourth-order valence-electron chi connectivity index (χ4n) is 1.43. The molecule has 0 aromatic carbocycles. The molecule has 0 aliphatic rings. The van der Waals surface area contributed by atoms with Crippen LogP contribution >= 0.6 is 22.9 Å². The van der Waals surface area contributed by atoms with Crippen molar-refractivity contribution in [1.82, 2.24) is 9.97 Å². The minimum atomic E-state index is 0.219. The second kappa shape index (κ2) is 4.80. The zero-order valence-electron chi connectivity index (χ0n) is 9.07. The summed E-state index contributed by atoms with van der Waals surface area (Å²) in [4.78, 5) is 8.15. The Bertz CT molecular complexity index is 450. The molecule has 1 unspecified atom stereocenters. The van der Waals surface area contributed by atoms with E-state index in [9.17, 15) is 0 Å². The monoisotopic (exact) mass is 253 g/mol. The van der Waals surface area contributed by atoms with Crippen LogP contribution in [0.1, 0.15) is 24.2 Å². The van der Waals surface area contributed by atoms with Crippen molar-refractivity contribution in [2.75, 3.05) is 5.32 Å². The summed E-state index contributed by atoms with van der Waals surface area (Å²) in [6, 6.07) is 4.20. The van der Waals surface area contributed by atoms with Gasteiger partial charge in [-0.15, -0.1) is 0 Å². The van der Waals surface area contributed by atoms with Gasteiger partial charge in [-0.1, -0.05) is 0 Å². The van der Waals surface area contributed by atoms with Crippen molar-refractivity contribution in [2.45, 2.75) is 19.9 Å². The molecule has 0 radical (unpaired) electrons. The number of aryl methyl sites for hydroxylation is 1. The number of aromatic nitrogens is 2. The van der Waals surface area contributed by atoms with Crippen LogP contribution in [-0.4, -0.2) is 9.97 Å². The highest BCUT2D eigenvalue weighted by molar-refractivity contribution is 7.07. The maximum absolute atomic E-state index is 5.80. The van der Waals surface area contributed by atoms with Crippen LogP contribution in [0.2, 0.25) is 5.28 Å². The summed E-state index contributed by atoms with van der Waals surface area (Å²) in [5, 5.41) is 7.75. The van der Waals surface area contributed by atoms with Crippen molar-refractivity contribution < 1.29 is 0 Å². The van der Waals surface area contributed by atoms with Gasteiger partial charge in [0.2, 0.25) is 5.28 Å². The first-order valence-corrected chi connectivity index (χ1v) is 6.27. The lowest BCUT2D eigenvalue weighted by Crippen LogP contribution is -2.07. The van der Waals surface area contributed by atoms with E-state index in [1.165, 1.54) is 5.56 Å². The molecule has 0 aliphatic carbocycles. The van der Waals surface area contributed by atoms with Crippen molar-refractivity contribution >= 4 is 28.8 Å². The van der Waals surface area contributed by atoms with Gasteiger partial charge in [-0.05, 0) is 47.8 Å². The minimum absolute atomic E-state index is 0.219. The number of thiophene rings is 1. The second-order valence-electron chi connectivity index (χ2n) is 3.59. The van der Waals surface area contributed by atoms with Gasteiger partial charge in [0.05, 0.1) is 6.04 Å². The Balaban J connectivity index is 2.15. The van der Waals surface area contributed by atoms with Gasteiger partial charge in [0, 0.05) is 11.8 Å². The van der Waals surface area contributed by atoms with Crippen molar-refractivity contribution in [1.29, 1.82) is 0 Å². The molecule has 0 aliphatic heterocycles. The topological polar surface area (TPSA) is 37.8 Å². The van der Waals surface area contributed by atoms with Gasteiger partial charge in [0.1, 0.15) is 5.82 Å². The molecule has 2 aromatic rings. The van der Waals surface area contributed by atoms with E-state index in [2.05, 4.69) is 39.0 Å². The molecule has 3 nitrogen and oxygen atoms in total. The zero-order valence-corrected chi connectivity index (χ0v) is 10.6. The van der Waals surface area contributed by atoms with E-state index < -0.39 is 0 Å². The van der Waals surface area contributed by atoms with Gasteiger partial charge >= 0.3 is 0 Å². The van der Waals surface area contributed by atoms with Crippen LogP contribution in [-0.2, 0) is 0 Å². The van der Waals surface area contributed by atoms with Crippen LogP contribution < -0.4 is 5.32 Å². The van der Waals surface area contributed by atoms with Gasteiger partial charge in [0.25, 0.3) is 0 Å². The summed E-state index contributed by atoms with van der Waals surface area (Å²) in [6.07, 6.45) is 0. The summed E-state index contributed by atoms with van der Waals surface area (Å²) in [6.45, 7) is 3.99. The first-order chi connectivity index (χ1) is 7.65. The summed E-state index contributed by atoms with van der Waals surface area (Å²) < 4.78 is 0. The normalized spacial score (nSPS) is 12.4. The second-order valence-corrected chi connectivity index (χ2v) is 4.70. The number of hydrogen-bond donors (Lipinski definition) is 1. The van der Waals surface area contributed by atoms with Crippen LogP contribution in [0.25, 0.3) is 0 Å². The molecule has 1 N–H and O–H groups in total. The van der Waals surface area contributed by atoms with Gasteiger partial charge in [-0.2, -0.15) is 11.3 Å². The number of nitrogens with zero attached hydrogens (tertiary/aromatic N) is 2. The third kappa shape index (κ3) is 2.71. The van der Waals surface area contributed by atoms with E-state index >= 15 is 0 Å². The lowest BCUT2D eigenvalue weighted by atomic mass is 10.2. The summed E-state index contributed by atoms with van der Waals surface area (Å²) >= 11 is 7.48. The molecule has 0 saturated heterocycles. The maximum atomic E-state index is 5.80. The first kappa shape index (κ1) is 11.4. The lowest BCUT2D eigenvalue weighted by Gasteiger charge is -2.13. The smallest absolute Gasteiger partial charge is 0.224 e. The fraction of sp³-hybridized carbons (Fsp3) is 0.273. The van der Waals surface area contributed by atoms with Crippen molar-refractivity contribution in [2.24, 2.45) is 0 Å². The minimum Gasteiger partial charge on any atom is -0.363 e. The van der Waals surface area contributed by atoms with E-state index in [1.807, 2.05) is 13.0 Å². The molecule has 16 heavy (non-hydrogen) atoms. The van der Waals surface area contributed by atoms with E-state index in [0.717, 1.165) is 11.5 Å². The van der Waals surface area contributed by atoms with Gasteiger partial charge < -0.3 is 5.32 Å². The van der Waals surface area contributed by atoms with Crippen LogP contribution in [0.5, 0.6) is 0 Å². The predicted octanol–water partition coefficient (Wildman–Crippen LogP) is 3.67. The Morgan fingerprint density at radius 3 is 2.88 bits per heavy atom. The third-order valence-corrected chi connectivity index (χ3v) is 3.10. The Morgan fingerprint density at radius 1 is 1.44 bits per heavy atom. The van der Waals surface area contributed by atoms with Crippen LogP contribution in [0.3, 0.4) is 0 Å². The highest BCUT2D eigenvalue weighted by Crippen LogP contribution is 2.20. The molecular formula is C11H12ClN3S. The molecular weight excluding hydrogens is 242 g/mol. The van der Waals surface area contributed by atoms with Gasteiger partial charge in [0.15, 0.2) is 0 Å². The maximum Gasteiger partial charge on any atom is 0.224 e. The molecule has 2 heterocycles. The quantitative estimate of drug-likeness (QED) is 0.848. The molecule has 0 bridgehead atoms. The largest absolute Gasteiger partial charge is 0.363 e. The molecule has 2 aromatic heterocycles. The highest BCUT2D eigenvalue weighted by atomic mass is 35.5. The molecule has 0 amide bonds. The van der Waals surface area contributed by atoms with E-state index in [4.69, 9.17) is 11.6 Å². The molecule has 5 heteroatoms. The molecule has 0 spiro atoms. The third-order valence-electron chi connectivity index (χ3n) is 2.23. The fourth-order valence-corrected chi connectivity index (χ4v) is 2.41. The predicted molar refractivity (Wildman–Crippen MR) is 68.1 cm³/mol. The van der Waals surface area contributed by atoms with Gasteiger partial charge in [-0.3, -0.25) is 0 Å². The highest BCUT2D eigenvalue weighted by Gasteiger charge is 2.07. The van der Waals surface area contributed by atoms with Crippen LogP contribution in [0.4, 0.5) is 5.82 Å². The number of rotatable bonds is 3. The standard InChI is InChI=1S/C11H12ClN3S/c1-7-5-10(15-11(12)13-7)14-8(2)9-3-4-16-6-9/h3-6,8H,1-2H3,(H,13,14,15). The number of hydrogen-bond acceptors (Lipinski definition) is 4. The average molecular weight is 254 g/mol. The molecule has 0 saturated carbocycles. The van der Waals surface area contributed by atoms with Crippen molar-refractivity contribution in [3.8, 4) is 0 Å². The molecule has 0 fully saturated rings. The van der Waals surface area contributed by atoms with Crippen LogP contribution in [0.15, 0.2) is 22.9 Å². The number of nitrogens with one attached hydrogen (secondary N) is 1. The molecule has 1 atom stereocenters. The Morgan fingerprint density at radius 2 is 2.25 bits per heavy atom. The lowest BCUT2D eigenvalue weighted by molar-refractivity contribution is 0.875. The molecule has 2 rings (SSSR count). The van der Waals surface area contributed by atoms with E-state index in [1.54, 1.807) is 11.3 Å². The molecule has 84 valence electrons. The average Bonchev–Trinajstić information content (AvgIpc) is 2.68. The number of halogens is 1. The number of anilines is 1. The first-order valence-electron chi connectivity index (χ1n) is 4.95.